The molecule has 6 heteroatoms. The average Bonchev–Trinajstić information content (AvgIpc) is 2.61. The maximum atomic E-state index is 9.11. The van der Waals surface area contributed by atoms with Crippen LogP contribution in [0, 0.1) is 5.41 Å². The second kappa shape index (κ2) is 8.35. The van der Waals surface area contributed by atoms with Gasteiger partial charge in [-0.3, -0.25) is 4.98 Å². The first-order valence-electron chi connectivity index (χ1n) is 7.03. The zero-order valence-corrected chi connectivity index (χ0v) is 12.5. The summed E-state index contributed by atoms with van der Waals surface area (Å²) in [6, 6.07) is 9.25. The summed E-state index contributed by atoms with van der Waals surface area (Å²) in [4.78, 5) is 4.09. The fourth-order valence-electron chi connectivity index (χ4n) is 2.02. The van der Waals surface area contributed by atoms with Crippen molar-refractivity contribution in [3.8, 4) is 0 Å². The Morgan fingerprint density at radius 3 is 2.96 bits per heavy atom. The number of allylic oxidation sites excluding steroid dienone is 1. The van der Waals surface area contributed by atoms with Crippen molar-refractivity contribution >= 4 is 23.6 Å². The van der Waals surface area contributed by atoms with Gasteiger partial charge in [0.05, 0.1) is 12.3 Å². The summed E-state index contributed by atoms with van der Waals surface area (Å²) >= 11 is 0. The number of aliphatic hydroxyl groups is 1. The fourth-order valence-corrected chi connectivity index (χ4v) is 2.02. The molecular weight excluding hydrogens is 290 g/mol. The second-order valence-corrected chi connectivity index (χ2v) is 4.69. The number of nitrogens with one attached hydrogen (secondary N) is 3. The monoisotopic (exact) mass is 309 g/mol. The van der Waals surface area contributed by atoms with E-state index in [9.17, 15) is 0 Å². The summed E-state index contributed by atoms with van der Waals surface area (Å²) in [5, 5.41) is 16.5. The normalized spacial score (nSPS) is 11.4. The molecule has 0 unspecified atom stereocenters. The van der Waals surface area contributed by atoms with E-state index >= 15 is 0 Å². The molecule has 6 N–H and O–H groups in total. The first-order chi connectivity index (χ1) is 11.3. The summed E-state index contributed by atoms with van der Waals surface area (Å²) in [5.41, 5.74) is 15.5. The zero-order valence-electron chi connectivity index (χ0n) is 12.5. The Morgan fingerprint density at radius 1 is 1.35 bits per heavy atom. The molecule has 0 aliphatic heterocycles. The first kappa shape index (κ1) is 16.3. The van der Waals surface area contributed by atoms with Crippen LogP contribution in [0.5, 0.6) is 0 Å². The summed E-state index contributed by atoms with van der Waals surface area (Å²) in [5.74, 6) is 0. The van der Waals surface area contributed by atoms with E-state index in [-0.39, 0.29) is 6.61 Å². The fraction of sp³-hybridized carbons (Fsp3) is 0.0588. The van der Waals surface area contributed by atoms with Crippen LogP contribution in [0.3, 0.4) is 0 Å². The van der Waals surface area contributed by atoms with E-state index in [0.717, 1.165) is 22.4 Å². The van der Waals surface area contributed by atoms with Gasteiger partial charge in [0.15, 0.2) is 0 Å². The van der Waals surface area contributed by atoms with E-state index in [0.29, 0.717) is 5.57 Å². The molecule has 2 aromatic rings. The predicted octanol–water partition coefficient (Wildman–Crippen LogP) is 2.11. The third-order valence-corrected chi connectivity index (χ3v) is 3.17. The molecule has 1 aromatic carbocycles. The molecule has 0 aliphatic carbocycles. The number of anilines is 1. The highest BCUT2D eigenvalue weighted by atomic mass is 16.3. The van der Waals surface area contributed by atoms with Crippen LogP contribution in [0.25, 0.3) is 11.6 Å². The standard InChI is InChI=1S/C17H19N5O/c18-9-15(10-19)17-5-6-20-11-14(17)4-7-21-22-16-3-1-2-13(8-16)12-23/h1-11,18,21-23H,12,19H2/b7-4+,15-10?,18-9?. The first-order valence-corrected chi connectivity index (χ1v) is 7.03. The van der Waals surface area contributed by atoms with Crippen LogP contribution in [0.2, 0.25) is 0 Å². The molecule has 1 heterocycles. The molecule has 0 atom stereocenters. The minimum atomic E-state index is 0.00221. The van der Waals surface area contributed by atoms with Gasteiger partial charge < -0.3 is 27.1 Å². The Bertz CT molecular complexity index is 724. The Balaban J connectivity index is 2.05. The molecule has 0 bridgehead atoms. The summed E-state index contributed by atoms with van der Waals surface area (Å²) in [6.45, 7) is 0.00221. The van der Waals surface area contributed by atoms with E-state index < -0.39 is 0 Å². The molecule has 2 rings (SSSR count). The highest BCUT2D eigenvalue weighted by Gasteiger charge is 2.02. The van der Waals surface area contributed by atoms with Crippen LogP contribution in [0.4, 0.5) is 5.69 Å². The van der Waals surface area contributed by atoms with E-state index in [2.05, 4.69) is 15.8 Å². The lowest BCUT2D eigenvalue weighted by atomic mass is 10.0. The quantitative estimate of drug-likeness (QED) is 0.398. The zero-order chi connectivity index (χ0) is 16.5. The van der Waals surface area contributed by atoms with Crippen LogP contribution in [-0.4, -0.2) is 16.3 Å². The summed E-state index contributed by atoms with van der Waals surface area (Å²) in [7, 11) is 0. The van der Waals surface area contributed by atoms with E-state index in [1.165, 1.54) is 12.4 Å². The van der Waals surface area contributed by atoms with E-state index in [1.54, 1.807) is 18.6 Å². The van der Waals surface area contributed by atoms with Gasteiger partial charge in [0.2, 0.25) is 0 Å². The lowest BCUT2D eigenvalue weighted by Gasteiger charge is -2.08. The number of nitrogens with two attached hydrogens (primary N) is 1. The summed E-state index contributed by atoms with van der Waals surface area (Å²) in [6.07, 6.45) is 9.52. The number of hydrogen-bond acceptors (Lipinski definition) is 6. The van der Waals surface area contributed by atoms with Crippen molar-refractivity contribution in [3.63, 3.8) is 0 Å². The van der Waals surface area contributed by atoms with Crippen molar-refractivity contribution in [2.24, 2.45) is 5.73 Å². The largest absolute Gasteiger partial charge is 0.404 e. The van der Waals surface area contributed by atoms with Gasteiger partial charge in [-0.15, -0.1) is 0 Å². The second-order valence-electron chi connectivity index (χ2n) is 4.69. The number of benzene rings is 1. The van der Waals surface area contributed by atoms with Crippen LogP contribution in [-0.2, 0) is 6.61 Å². The van der Waals surface area contributed by atoms with Gasteiger partial charge in [-0.2, -0.15) is 0 Å². The minimum Gasteiger partial charge on any atom is -0.404 e. The van der Waals surface area contributed by atoms with Crippen molar-refractivity contribution in [1.82, 2.24) is 10.4 Å². The van der Waals surface area contributed by atoms with E-state index in [1.807, 2.05) is 36.4 Å². The van der Waals surface area contributed by atoms with Crippen LogP contribution >= 0.6 is 0 Å². The van der Waals surface area contributed by atoms with Crippen LogP contribution in [0.15, 0.2) is 55.1 Å². The van der Waals surface area contributed by atoms with Crippen molar-refractivity contribution in [3.05, 3.63) is 71.8 Å². The molecule has 0 amide bonds. The van der Waals surface area contributed by atoms with Gasteiger partial charge in [0.1, 0.15) is 0 Å². The predicted molar refractivity (Wildman–Crippen MR) is 93.3 cm³/mol. The molecule has 118 valence electrons. The Hall–Kier alpha value is -3.12. The molecule has 0 saturated carbocycles. The van der Waals surface area contributed by atoms with Gasteiger partial charge >= 0.3 is 0 Å². The molecule has 0 spiro atoms. The van der Waals surface area contributed by atoms with Gasteiger partial charge in [0, 0.05) is 42.1 Å². The van der Waals surface area contributed by atoms with Gasteiger partial charge in [-0.25, -0.2) is 0 Å². The van der Waals surface area contributed by atoms with Gasteiger partial charge in [0.25, 0.3) is 0 Å². The number of hydrogen-bond donors (Lipinski definition) is 5. The third-order valence-electron chi connectivity index (χ3n) is 3.17. The van der Waals surface area contributed by atoms with Gasteiger partial charge in [-0.05, 0) is 35.4 Å². The maximum Gasteiger partial charge on any atom is 0.0682 e. The van der Waals surface area contributed by atoms with Crippen molar-refractivity contribution < 1.29 is 5.11 Å². The number of hydrazine groups is 1. The smallest absolute Gasteiger partial charge is 0.0682 e. The lowest BCUT2D eigenvalue weighted by molar-refractivity contribution is 0.282. The topological polar surface area (TPSA) is 107 Å². The highest BCUT2D eigenvalue weighted by Crippen LogP contribution is 2.17. The van der Waals surface area contributed by atoms with Crippen molar-refractivity contribution in [2.45, 2.75) is 6.61 Å². The molecular formula is C17H19N5O. The number of aromatic nitrogens is 1. The third kappa shape index (κ3) is 4.42. The Morgan fingerprint density at radius 2 is 2.22 bits per heavy atom. The van der Waals surface area contributed by atoms with Crippen molar-refractivity contribution in [1.29, 1.82) is 5.41 Å². The highest BCUT2D eigenvalue weighted by molar-refractivity contribution is 6.09. The Kier molecular flexibility index (Phi) is 5.90. The molecule has 23 heavy (non-hydrogen) atoms. The molecule has 0 fully saturated rings. The summed E-state index contributed by atoms with van der Waals surface area (Å²) < 4.78 is 0. The van der Waals surface area contributed by atoms with Crippen LogP contribution < -0.4 is 16.6 Å². The minimum absolute atomic E-state index is 0.00221. The molecule has 0 aliphatic rings. The Labute approximate surface area is 134 Å². The molecule has 0 radical (unpaired) electrons. The SMILES string of the molecule is N=CC(=CN)c1ccncc1/C=C/NNc1cccc(CO)c1. The van der Waals surface area contributed by atoms with Crippen molar-refractivity contribution in [2.75, 3.05) is 5.43 Å². The molecule has 6 nitrogen and oxygen atoms in total. The van der Waals surface area contributed by atoms with Crippen LogP contribution in [0.1, 0.15) is 16.7 Å². The number of aliphatic hydroxyl groups excluding tert-OH is 1. The number of rotatable bonds is 7. The molecule has 1 aromatic heterocycles. The number of nitrogens with zero attached hydrogens (tertiary/aromatic N) is 1. The lowest BCUT2D eigenvalue weighted by Crippen LogP contribution is -2.14. The average molecular weight is 309 g/mol. The number of pyridine rings is 1. The molecule has 0 saturated heterocycles. The van der Waals surface area contributed by atoms with E-state index in [4.69, 9.17) is 16.2 Å². The maximum absolute atomic E-state index is 9.11. The van der Waals surface area contributed by atoms with Gasteiger partial charge in [-0.1, -0.05) is 12.1 Å².